The van der Waals surface area contributed by atoms with Crippen LogP contribution in [0.15, 0.2) is 24.3 Å². The Balaban J connectivity index is 2.22. The molecule has 0 aromatic heterocycles. The molecule has 0 heterocycles. The Labute approximate surface area is 128 Å². The first kappa shape index (κ1) is 16.9. The van der Waals surface area contributed by atoms with Gasteiger partial charge in [-0.1, -0.05) is 39.7 Å². The molecule has 0 saturated heterocycles. The summed E-state index contributed by atoms with van der Waals surface area (Å²) < 4.78 is 16.2. The molecule has 0 fully saturated rings. The van der Waals surface area contributed by atoms with Crippen LogP contribution in [0.25, 0.3) is 0 Å². The van der Waals surface area contributed by atoms with E-state index in [9.17, 15) is 0 Å². The summed E-state index contributed by atoms with van der Waals surface area (Å²) in [5.41, 5.74) is 1.07. The smallest absolute Gasteiger partial charge is 0.0923 e. The second-order valence-corrected chi connectivity index (χ2v) is 5.11. The Morgan fingerprint density at radius 2 is 2.05 bits per heavy atom. The summed E-state index contributed by atoms with van der Waals surface area (Å²) in [6.07, 6.45) is 0.911. The third kappa shape index (κ3) is 7.28. The normalized spacial score (nSPS) is 12.6. The molecule has 108 valence electrons. The molecule has 0 amide bonds. The predicted molar refractivity (Wildman–Crippen MR) is 81.3 cm³/mol. The van der Waals surface area contributed by atoms with Crippen LogP contribution < -0.4 is 0 Å². The van der Waals surface area contributed by atoms with Crippen LogP contribution >= 0.6 is 27.5 Å². The highest BCUT2D eigenvalue weighted by Crippen LogP contribution is 2.22. The van der Waals surface area contributed by atoms with E-state index in [-0.39, 0.29) is 6.10 Å². The molecule has 0 saturated carbocycles. The Hall–Kier alpha value is -0.130. The first-order valence-corrected chi connectivity index (χ1v) is 7.77. The zero-order valence-corrected chi connectivity index (χ0v) is 13.5. The van der Waals surface area contributed by atoms with Gasteiger partial charge < -0.3 is 14.2 Å². The number of benzene rings is 1. The molecule has 3 nitrogen and oxygen atoms in total. The summed E-state index contributed by atoms with van der Waals surface area (Å²) >= 11 is 9.43. The molecule has 0 aliphatic rings. The molecule has 1 atom stereocenters. The first-order chi connectivity index (χ1) is 9.27. The molecule has 1 rings (SSSR count). The van der Waals surface area contributed by atoms with Crippen LogP contribution in [-0.2, 0) is 14.2 Å². The topological polar surface area (TPSA) is 27.7 Å². The van der Waals surface area contributed by atoms with Crippen LogP contribution in [0.4, 0.5) is 0 Å². The highest BCUT2D eigenvalue weighted by Gasteiger charge is 2.10. The van der Waals surface area contributed by atoms with E-state index in [0.717, 1.165) is 28.9 Å². The average Bonchev–Trinajstić information content (AvgIpc) is 2.42. The van der Waals surface area contributed by atoms with Crippen molar-refractivity contribution in [2.45, 2.75) is 12.5 Å². The van der Waals surface area contributed by atoms with Gasteiger partial charge >= 0.3 is 0 Å². The number of ether oxygens (including phenoxy) is 3. The van der Waals surface area contributed by atoms with Gasteiger partial charge in [-0.15, -0.1) is 0 Å². The second kappa shape index (κ2) is 10.6. The van der Waals surface area contributed by atoms with E-state index < -0.39 is 0 Å². The van der Waals surface area contributed by atoms with Gasteiger partial charge in [0, 0.05) is 30.7 Å². The molecular formula is C14H20BrClO3. The molecule has 19 heavy (non-hydrogen) atoms. The lowest BCUT2D eigenvalue weighted by Crippen LogP contribution is -2.12. The lowest BCUT2D eigenvalue weighted by molar-refractivity contribution is 0.00979. The maximum absolute atomic E-state index is 5.97. The summed E-state index contributed by atoms with van der Waals surface area (Å²) in [6.45, 7) is 2.59. The summed E-state index contributed by atoms with van der Waals surface area (Å²) in [5, 5.41) is 1.46. The molecule has 0 aliphatic heterocycles. The minimum atomic E-state index is 0.00118. The van der Waals surface area contributed by atoms with Gasteiger partial charge in [-0.3, -0.25) is 0 Å². The van der Waals surface area contributed by atoms with Crippen LogP contribution in [0.1, 0.15) is 18.1 Å². The Morgan fingerprint density at radius 3 is 2.74 bits per heavy atom. The average molecular weight is 352 g/mol. The van der Waals surface area contributed by atoms with Crippen molar-refractivity contribution >= 4 is 27.5 Å². The van der Waals surface area contributed by atoms with E-state index in [4.69, 9.17) is 25.8 Å². The minimum Gasteiger partial charge on any atom is -0.385 e. The van der Waals surface area contributed by atoms with E-state index in [2.05, 4.69) is 15.9 Å². The molecule has 5 heteroatoms. The van der Waals surface area contributed by atoms with Gasteiger partial charge in [0.2, 0.25) is 0 Å². The maximum Gasteiger partial charge on any atom is 0.0923 e. The van der Waals surface area contributed by atoms with Crippen LogP contribution in [0.2, 0.25) is 5.02 Å². The maximum atomic E-state index is 5.97. The second-order valence-electron chi connectivity index (χ2n) is 4.03. The number of rotatable bonds is 10. The van der Waals surface area contributed by atoms with Crippen molar-refractivity contribution < 1.29 is 14.2 Å². The third-order valence-corrected chi connectivity index (χ3v) is 3.37. The largest absolute Gasteiger partial charge is 0.385 e. The van der Waals surface area contributed by atoms with Crippen molar-refractivity contribution in [2.75, 3.05) is 38.9 Å². The Morgan fingerprint density at radius 1 is 1.21 bits per heavy atom. The van der Waals surface area contributed by atoms with Gasteiger partial charge in [0.25, 0.3) is 0 Å². The van der Waals surface area contributed by atoms with Gasteiger partial charge in [-0.25, -0.2) is 0 Å². The quantitative estimate of drug-likeness (QED) is 0.473. The van der Waals surface area contributed by atoms with E-state index in [1.807, 2.05) is 24.3 Å². The van der Waals surface area contributed by atoms with E-state index in [1.165, 1.54) is 0 Å². The standard InChI is InChI=1S/C14H20BrClO3/c1-17-6-3-7-18-8-9-19-14(11-15)12-4-2-5-13(16)10-12/h2,4-5,10,14H,3,6-9,11H2,1H3. The highest BCUT2D eigenvalue weighted by atomic mass is 79.9. The number of halogens is 2. The van der Waals surface area contributed by atoms with Crippen molar-refractivity contribution in [1.29, 1.82) is 0 Å². The lowest BCUT2D eigenvalue weighted by atomic mass is 10.1. The monoisotopic (exact) mass is 350 g/mol. The van der Waals surface area contributed by atoms with Crippen LogP contribution in [0.5, 0.6) is 0 Å². The fourth-order valence-electron chi connectivity index (χ4n) is 1.59. The predicted octanol–water partition coefficient (Wildman–Crippen LogP) is 3.85. The van der Waals surface area contributed by atoms with Gasteiger partial charge in [0.05, 0.1) is 19.3 Å². The third-order valence-electron chi connectivity index (χ3n) is 2.54. The fraction of sp³-hybridized carbons (Fsp3) is 0.571. The van der Waals surface area contributed by atoms with Crippen LogP contribution in [0.3, 0.4) is 0 Å². The number of methoxy groups -OCH3 is 1. The molecule has 1 aromatic carbocycles. The Kier molecular flexibility index (Phi) is 9.47. The Bertz CT molecular complexity index is 349. The van der Waals surface area contributed by atoms with Crippen molar-refractivity contribution in [2.24, 2.45) is 0 Å². The van der Waals surface area contributed by atoms with Crippen LogP contribution in [0, 0.1) is 0 Å². The lowest BCUT2D eigenvalue weighted by Gasteiger charge is -2.16. The number of hydrogen-bond donors (Lipinski definition) is 0. The first-order valence-electron chi connectivity index (χ1n) is 6.27. The van der Waals surface area contributed by atoms with Gasteiger partial charge in [0.1, 0.15) is 0 Å². The van der Waals surface area contributed by atoms with E-state index in [1.54, 1.807) is 7.11 Å². The highest BCUT2D eigenvalue weighted by molar-refractivity contribution is 9.09. The fourth-order valence-corrected chi connectivity index (χ4v) is 2.35. The number of alkyl halides is 1. The molecule has 1 aromatic rings. The van der Waals surface area contributed by atoms with Crippen molar-refractivity contribution in [3.05, 3.63) is 34.9 Å². The molecule has 1 unspecified atom stereocenters. The van der Waals surface area contributed by atoms with Gasteiger partial charge in [-0.05, 0) is 24.1 Å². The van der Waals surface area contributed by atoms with Gasteiger partial charge in [0.15, 0.2) is 0 Å². The molecule has 0 spiro atoms. The molecule has 0 bridgehead atoms. The van der Waals surface area contributed by atoms with Crippen molar-refractivity contribution in [1.82, 2.24) is 0 Å². The van der Waals surface area contributed by atoms with Crippen molar-refractivity contribution in [3.8, 4) is 0 Å². The zero-order chi connectivity index (χ0) is 13.9. The SMILES string of the molecule is COCCCOCCOC(CBr)c1cccc(Cl)c1. The van der Waals surface area contributed by atoms with E-state index >= 15 is 0 Å². The molecule has 0 N–H and O–H groups in total. The molecular weight excluding hydrogens is 332 g/mol. The summed E-state index contributed by atoms with van der Waals surface area (Å²) in [7, 11) is 1.69. The van der Waals surface area contributed by atoms with Crippen LogP contribution in [-0.4, -0.2) is 38.9 Å². The summed E-state index contributed by atoms with van der Waals surface area (Å²) in [4.78, 5) is 0. The van der Waals surface area contributed by atoms with Gasteiger partial charge in [-0.2, -0.15) is 0 Å². The summed E-state index contributed by atoms with van der Waals surface area (Å²) in [5.74, 6) is 0. The van der Waals surface area contributed by atoms with E-state index in [0.29, 0.717) is 19.8 Å². The molecule has 0 aliphatic carbocycles. The summed E-state index contributed by atoms with van der Waals surface area (Å²) in [6, 6.07) is 7.72. The minimum absolute atomic E-state index is 0.00118. The van der Waals surface area contributed by atoms with Crippen molar-refractivity contribution in [3.63, 3.8) is 0 Å². The number of hydrogen-bond acceptors (Lipinski definition) is 3. The molecule has 0 radical (unpaired) electrons. The zero-order valence-electron chi connectivity index (χ0n) is 11.1.